The van der Waals surface area contributed by atoms with E-state index in [1.54, 1.807) is 20.3 Å². The summed E-state index contributed by atoms with van der Waals surface area (Å²) in [7, 11) is 3.16. The Morgan fingerprint density at radius 1 is 1.00 bits per heavy atom. The van der Waals surface area contributed by atoms with Crippen LogP contribution in [0.1, 0.15) is 0 Å². The van der Waals surface area contributed by atoms with Gasteiger partial charge in [0.25, 0.3) is 0 Å². The average Bonchev–Trinajstić information content (AvgIpc) is 2.38. The molecule has 1 heterocycles. The number of rotatable bonds is 3. The number of anilines is 1. The van der Waals surface area contributed by atoms with Gasteiger partial charge in [-0.15, -0.1) is 0 Å². The van der Waals surface area contributed by atoms with E-state index in [1.165, 1.54) is 0 Å². The molecule has 1 aromatic carbocycles. The van der Waals surface area contributed by atoms with Gasteiger partial charge in [0.05, 0.1) is 14.2 Å². The Morgan fingerprint density at radius 3 is 2.29 bits per heavy atom. The average molecular weight is 231 g/mol. The van der Waals surface area contributed by atoms with Crippen molar-refractivity contribution in [1.29, 1.82) is 0 Å². The van der Waals surface area contributed by atoms with Crippen LogP contribution >= 0.6 is 0 Å². The molecule has 0 amide bonds. The van der Waals surface area contributed by atoms with Crippen molar-refractivity contribution >= 4 is 5.82 Å². The second kappa shape index (κ2) is 4.69. The lowest BCUT2D eigenvalue weighted by atomic mass is 10.2. The molecule has 0 aliphatic rings. The fraction of sp³-hybridized carbons (Fsp3) is 0.167. The molecule has 0 aliphatic carbocycles. The van der Waals surface area contributed by atoms with Crippen LogP contribution in [-0.4, -0.2) is 24.2 Å². The summed E-state index contributed by atoms with van der Waals surface area (Å²) < 4.78 is 10.1. The highest BCUT2D eigenvalue weighted by Gasteiger charge is 2.05. The standard InChI is InChI=1S/C12H13N3O2/c1-16-9-5-3-8(4-6-9)12-14-10(13)7-11(15-12)17-2/h3-7H,1-2H3,(H2,13,14,15). The van der Waals surface area contributed by atoms with Gasteiger partial charge in [-0.05, 0) is 24.3 Å². The van der Waals surface area contributed by atoms with Crippen molar-refractivity contribution in [1.82, 2.24) is 9.97 Å². The minimum Gasteiger partial charge on any atom is -0.497 e. The Balaban J connectivity index is 2.41. The summed E-state index contributed by atoms with van der Waals surface area (Å²) in [6, 6.07) is 9.00. The first-order valence-corrected chi connectivity index (χ1v) is 5.06. The van der Waals surface area contributed by atoms with E-state index in [2.05, 4.69) is 9.97 Å². The summed E-state index contributed by atoms with van der Waals surface area (Å²) in [4.78, 5) is 8.38. The van der Waals surface area contributed by atoms with Gasteiger partial charge in [-0.2, -0.15) is 4.98 Å². The van der Waals surface area contributed by atoms with E-state index >= 15 is 0 Å². The van der Waals surface area contributed by atoms with E-state index in [4.69, 9.17) is 15.2 Å². The molecule has 0 radical (unpaired) electrons. The topological polar surface area (TPSA) is 70.3 Å². The SMILES string of the molecule is COc1ccc(-c2nc(N)cc(OC)n2)cc1. The molecule has 2 N–H and O–H groups in total. The first-order valence-electron chi connectivity index (χ1n) is 5.06. The van der Waals surface area contributed by atoms with Gasteiger partial charge in [-0.1, -0.05) is 0 Å². The van der Waals surface area contributed by atoms with E-state index in [0.29, 0.717) is 17.5 Å². The highest BCUT2D eigenvalue weighted by Crippen LogP contribution is 2.22. The predicted octanol–water partition coefficient (Wildman–Crippen LogP) is 1.74. The summed E-state index contributed by atoms with van der Waals surface area (Å²) in [5.41, 5.74) is 6.53. The number of nitrogens with two attached hydrogens (primary N) is 1. The Labute approximate surface area is 99.2 Å². The molecule has 0 atom stereocenters. The van der Waals surface area contributed by atoms with Crippen LogP contribution in [0.15, 0.2) is 30.3 Å². The third-order valence-corrected chi connectivity index (χ3v) is 2.28. The molecule has 17 heavy (non-hydrogen) atoms. The van der Waals surface area contributed by atoms with Crippen molar-refractivity contribution < 1.29 is 9.47 Å². The first kappa shape index (κ1) is 11.2. The lowest BCUT2D eigenvalue weighted by Crippen LogP contribution is -1.98. The summed E-state index contributed by atoms with van der Waals surface area (Å²) in [6.07, 6.45) is 0. The number of nitrogens with zero attached hydrogens (tertiary/aromatic N) is 2. The Morgan fingerprint density at radius 2 is 1.71 bits per heavy atom. The zero-order chi connectivity index (χ0) is 12.3. The molecule has 0 saturated heterocycles. The van der Waals surface area contributed by atoms with Gasteiger partial charge >= 0.3 is 0 Å². The molecule has 1 aromatic heterocycles. The number of aromatic nitrogens is 2. The minimum absolute atomic E-state index is 0.377. The van der Waals surface area contributed by atoms with Gasteiger partial charge in [-0.25, -0.2) is 4.98 Å². The molecule has 5 nitrogen and oxygen atoms in total. The molecule has 0 spiro atoms. The van der Waals surface area contributed by atoms with Crippen molar-refractivity contribution in [3.63, 3.8) is 0 Å². The fourth-order valence-corrected chi connectivity index (χ4v) is 1.42. The van der Waals surface area contributed by atoms with Gasteiger partial charge in [0.2, 0.25) is 5.88 Å². The van der Waals surface area contributed by atoms with Gasteiger partial charge in [0.15, 0.2) is 5.82 Å². The van der Waals surface area contributed by atoms with Crippen LogP contribution in [0.2, 0.25) is 0 Å². The third-order valence-electron chi connectivity index (χ3n) is 2.28. The highest BCUT2D eigenvalue weighted by atomic mass is 16.5. The maximum Gasteiger partial charge on any atom is 0.218 e. The monoisotopic (exact) mass is 231 g/mol. The van der Waals surface area contributed by atoms with Crippen molar-refractivity contribution in [3.05, 3.63) is 30.3 Å². The number of benzene rings is 1. The van der Waals surface area contributed by atoms with Gasteiger partial charge in [-0.3, -0.25) is 0 Å². The van der Waals surface area contributed by atoms with E-state index < -0.39 is 0 Å². The third kappa shape index (κ3) is 2.44. The highest BCUT2D eigenvalue weighted by molar-refractivity contribution is 5.58. The maximum absolute atomic E-state index is 5.67. The lowest BCUT2D eigenvalue weighted by molar-refractivity contribution is 0.398. The minimum atomic E-state index is 0.377. The van der Waals surface area contributed by atoms with Crippen molar-refractivity contribution in [2.75, 3.05) is 20.0 Å². The molecule has 0 saturated carbocycles. The van der Waals surface area contributed by atoms with Gasteiger partial charge < -0.3 is 15.2 Å². The number of methoxy groups -OCH3 is 2. The molecule has 2 aromatic rings. The molecular formula is C12H13N3O2. The van der Waals surface area contributed by atoms with E-state index in [9.17, 15) is 0 Å². The van der Waals surface area contributed by atoms with Crippen LogP contribution in [0, 0.1) is 0 Å². The van der Waals surface area contributed by atoms with Crippen LogP contribution < -0.4 is 15.2 Å². The molecule has 0 unspecified atom stereocenters. The number of hydrogen-bond donors (Lipinski definition) is 1. The predicted molar refractivity (Wildman–Crippen MR) is 65.0 cm³/mol. The number of ether oxygens (including phenoxy) is 2. The van der Waals surface area contributed by atoms with Crippen LogP contribution in [0.25, 0.3) is 11.4 Å². The smallest absolute Gasteiger partial charge is 0.218 e. The van der Waals surface area contributed by atoms with Gasteiger partial charge in [0.1, 0.15) is 11.6 Å². The van der Waals surface area contributed by atoms with Crippen molar-refractivity contribution in [2.45, 2.75) is 0 Å². The zero-order valence-corrected chi connectivity index (χ0v) is 9.68. The molecular weight excluding hydrogens is 218 g/mol. The largest absolute Gasteiger partial charge is 0.497 e. The molecule has 2 rings (SSSR count). The normalized spacial score (nSPS) is 10.0. The quantitative estimate of drug-likeness (QED) is 0.871. The van der Waals surface area contributed by atoms with Gasteiger partial charge in [0, 0.05) is 11.6 Å². The van der Waals surface area contributed by atoms with E-state index in [-0.39, 0.29) is 0 Å². The molecule has 5 heteroatoms. The van der Waals surface area contributed by atoms with Crippen LogP contribution in [0.4, 0.5) is 5.82 Å². The van der Waals surface area contributed by atoms with Crippen LogP contribution in [-0.2, 0) is 0 Å². The van der Waals surface area contributed by atoms with Crippen molar-refractivity contribution in [2.24, 2.45) is 0 Å². The molecule has 0 fully saturated rings. The second-order valence-electron chi connectivity index (χ2n) is 3.39. The fourth-order valence-electron chi connectivity index (χ4n) is 1.42. The number of hydrogen-bond acceptors (Lipinski definition) is 5. The van der Waals surface area contributed by atoms with E-state index in [1.807, 2.05) is 24.3 Å². The zero-order valence-electron chi connectivity index (χ0n) is 9.68. The molecule has 0 bridgehead atoms. The van der Waals surface area contributed by atoms with Crippen LogP contribution in [0.3, 0.4) is 0 Å². The Bertz CT molecular complexity index is 512. The van der Waals surface area contributed by atoms with E-state index in [0.717, 1.165) is 11.3 Å². The second-order valence-corrected chi connectivity index (χ2v) is 3.39. The number of nitrogen functional groups attached to an aromatic ring is 1. The molecule has 0 aliphatic heterocycles. The maximum atomic E-state index is 5.67. The molecule has 88 valence electrons. The first-order chi connectivity index (χ1) is 8.22. The van der Waals surface area contributed by atoms with Crippen molar-refractivity contribution in [3.8, 4) is 23.0 Å². The Kier molecular flexibility index (Phi) is 3.09. The van der Waals surface area contributed by atoms with Crippen LogP contribution in [0.5, 0.6) is 11.6 Å². The Hall–Kier alpha value is -2.30. The lowest BCUT2D eigenvalue weighted by Gasteiger charge is -2.05. The summed E-state index contributed by atoms with van der Waals surface area (Å²) in [5, 5.41) is 0. The summed E-state index contributed by atoms with van der Waals surface area (Å²) in [5.74, 6) is 2.14. The summed E-state index contributed by atoms with van der Waals surface area (Å²) in [6.45, 7) is 0. The summed E-state index contributed by atoms with van der Waals surface area (Å²) >= 11 is 0.